The van der Waals surface area contributed by atoms with Gasteiger partial charge in [0.05, 0.1) is 11.8 Å². The summed E-state index contributed by atoms with van der Waals surface area (Å²) in [6.45, 7) is 3.09. The van der Waals surface area contributed by atoms with Gasteiger partial charge in [-0.1, -0.05) is 35.9 Å². The minimum atomic E-state index is -0.178. The zero-order valence-electron chi connectivity index (χ0n) is 14.3. The van der Waals surface area contributed by atoms with E-state index >= 15 is 0 Å². The second-order valence-corrected chi connectivity index (χ2v) is 7.69. The van der Waals surface area contributed by atoms with Gasteiger partial charge in [0.1, 0.15) is 12.7 Å². The summed E-state index contributed by atoms with van der Waals surface area (Å²) in [5, 5.41) is 7.59. The molecule has 1 N–H and O–H groups in total. The Balaban J connectivity index is 1.48. The summed E-state index contributed by atoms with van der Waals surface area (Å²) < 4.78 is 1.77. The van der Waals surface area contributed by atoms with E-state index in [1.54, 1.807) is 11.0 Å². The van der Waals surface area contributed by atoms with Gasteiger partial charge in [-0.2, -0.15) is 5.10 Å². The molecule has 0 aliphatic heterocycles. The van der Waals surface area contributed by atoms with Crippen LogP contribution in [0.2, 0.25) is 5.02 Å². The number of benzene rings is 2. The fraction of sp³-hybridized carbons (Fsp3) is 0.211. The molecular formula is C19H19ClN4OS. The average Bonchev–Trinajstić information content (AvgIpc) is 3.16. The highest BCUT2D eigenvalue weighted by Crippen LogP contribution is 2.24. The monoisotopic (exact) mass is 386 g/mol. The van der Waals surface area contributed by atoms with Gasteiger partial charge in [-0.05, 0) is 42.3 Å². The largest absolute Gasteiger partial charge is 0.351 e. The summed E-state index contributed by atoms with van der Waals surface area (Å²) in [5.41, 5.74) is 2.20. The van der Waals surface area contributed by atoms with Gasteiger partial charge in [-0.25, -0.2) is 9.67 Å². The van der Waals surface area contributed by atoms with Crippen LogP contribution in [-0.4, -0.2) is 25.9 Å². The molecule has 26 heavy (non-hydrogen) atoms. The maximum absolute atomic E-state index is 12.3. The van der Waals surface area contributed by atoms with Crippen molar-refractivity contribution >= 4 is 29.3 Å². The molecule has 1 amide bonds. The number of aromatic nitrogens is 3. The molecule has 7 heteroatoms. The lowest BCUT2D eigenvalue weighted by Gasteiger charge is -2.12. The molecule has 0 saturated heterocycles. The van der Waals surface area contributed by atoms with Crippen molar-refractivity contribution < 1.29 is 4.79 Å². The summed E-state index contributed by atoms with van der Waals surface area (Å²) in [7, 11) is 0. The van der Waals surface area contributed by atoms with Crippen LogP contribution in [0.5, 0.6) is 0 Å². The van der Waals surface area contributed by atoms with Crippen LogP contribution in [0.1, 0.15) is 18.1 Å². The molecule has 3 aromatic rings. The lowest BCUT2D eigenvalue weighted by Crippen LogP contribution is -2.30. The van der Waals surface area contributed by atoms with Crippen LogP contribution in [-0.2, 0) is 17.9 Å². The first-order valence-corrected chi connectivity index (χ1v) is 9.46. The molecule has 0 aliphatic rings. The fourth-order valence-electron chi connectivity index (χ4n) is 2.37. The first-order valence-electron chi connectivity index (χ1n) is 8.20. The molecule has 1 atom stereocenters. The topological polar surface area (TPSA) is 59.8 Å². The number of carbonyl (C=O) groups excluding carboxylic acids is 1. The first kappa shape index (κ1) is 18.5. The molecule has 5 nitrogen and oxygen atoms in total. The van der Waals surface area contributed by atoms with E-state index in [2.05, 4.69) is 15.4 Å². The Labute approximate surface area is 161 Å². The minimum Gasteiger partial charge on any atom is -0.351 e. The van der Waals surface area contributed by atoms with E-state index in [9.17, 15) is 4.79 Å². The van der Waals surface area contributed by atoms with E-state index in [-0.39, 0.29) is 11.2 Å². The van der Waals surface area contributed by atoms with Gasteiger partial charge in [0.25, 0.3) is 0 Å². The van der Waals surface area contributed by atoms with Crippen LogP contribution in [0.25, 0.3) is 0 Å². The second-order valence-electron chi connectivity index (χ2n) is 5.84. The number of hydrogen-bond acceptors (Lipinski definition) is 4. The molecule has 0 saturated carbocycles. The smallest absolute Gasteiger partial charge is 0.233 e. The number of carbonyl (C=O) groups is 1. The van der Waals surface area contributed by atoms with E-state index in [1.165, 1.54) is 18.1 Å². The lowest BCUT2D eigenvalue weighted by molar-refractivity contribution is -0.120. The van der Waals surface area contributed by atoms with E-state index in [0.717, 1.165) is 16.0 Å². The molecule has 1 unspecified atom stereocenters. The van der Waals surface area contributed by atoms with Crippen LogP contribution < -0.4 is 5.32 Å². The van der Waals surface area contributed by atoms with Crippen molar-refractivity contribution in [1.82, 2.24) is 20.1 Å². The molecule has 0 radical (unpaired) electrons. The summed E-state index contributed by atoms with van der Waals surface area (Å²) in [5.74, 6) is 0.0108. The highest BCUT2D eigenvalue weighted by atomic mass is 35.5. The van der Waals surface area contributed by atoms with Crippen LogP contribution in [0.3, 0.4) is 0 Å². The first-order chi connectivity index (χ1) is 12.6. The predicted molar refractivity (Wildman–Crippen MR) is 104 cm³/mol. The molecule has 134 valence electrons. The van der Waals surface area contributed by atoms with Gasteiger partial charge in [-0.15, -0.1) is 11.8 Å². The van der Waals surface area contributed by atoms with Gasteiger partial charge >= 0.3 is 0 Å². The van der Waals surface area contributed by atoms with Gasteiger partial charge in [0.15, 0.2) is 0 Å². The van der Waals surface area contributed by atoms with Crippen molar-refractivity contribution in [2.24, 2.45) is 0 Å². The summed E-state index contributed by atoms with van der Waals surface area (Å²) >= 11 is 7.40. The third-order valence-electron chi connectivity index (χ3n) is 3.80. The Morgan fingerprint density at radius 2 is 1.85 bits per heavy atom. The van der Waals surface area contributed by atoms with Crippen LogP contribution in [0.15, 0.2) is 66.1 Å². The maximum atomic E-state index is 12.3. The molecule has 3 rings (SSSR count). The van der Waals surface area contributed by atoms with Crippen molar-refractivity contribution in [3.05, 3.63) is 77.3 Å². The van der Waals surface area contributed by atoms with E-state index in [4.69, 9.17) is 11.6 Å². The molecule has 0 bridgehead atoms. The van der Waals surface area contributed by atoms with E-state index in [0.29, 0.717) is 18.1 Å². The summed E-state index contributed by atoms with van der Waals surface area (Å²) in [6, 6.07) is 15.6. The van der Waals surface area contributed by atoms with Crippen molar-refractivity contribution in [1.29, 1.82) is 0 Å². The molecule has 0 fully saturated rings. The SMILES string of the molecule is CC(Sc1ccc(Cl)cc1)C(=O)NCc1ccc(Cn2cncn2)cc1. The number of hydrogen-bond donors (Lipinski definition) is 1. The summed E-state index contributed by atoms with van der Waals surface area (Å²) in [6.07, 6.45) is 3.21. The predicted octanol–water partition coefficient (Wildman–Crippen LogP) is 3.78. The molecule has 1 heterocycles. The van der Waals surface area contributed by atoms with Crippen LogP contribution >= 0.6 is 23.4 Å². The standard InChI is InChI=1S/C19H19ClN4OS/c1-14(26-18-8-6-17(20)7-9-18)19(25)22-10-15-2-4-16(5-3-15)11-24-13-21-12-23-24/h2-9,12-14H,10-11H2,1H3,(H,22,25). The number of amides is 1. The van der Waals surface area contributed by atoms with Gasteiger partial charge in [0, 0.05) is 16.5 Å². The quantitative estimate of drug-likeness (QED) is 0.628. The van der Waals surface area contributed by atoms with E-state index in [1.807, 2.05) is 55.5 Å². The molecule has 0 spiro atoms. The lowest BCUT2D eigenvalue weighted by atomic mass is 10.1. The summed E-state index contributed by atoms with van der Waals surface area (Å²) in [4.78, 5) is 17.2. The number of nitrogens with zero attached hydrogens (tertiary/aromatic N) is 3. The van der Waals surface area contributed by atoms with Crippen molar-refractivity contribution in [2.45, 2.75) is 30.2 Å². The van der Waals surface area contributed by atoms with Crippen molar-refractivity contribution in [3.8, 4) is 0 Å². The third-order valence-corrected chi connectivity index (χ3v) is 5.16. The maximum Gasteiger partial charge on any atom is 0.233 e. The van der Waals surface area contributed by atoms with Crippen LogP contribution in [0, 0.1) is 0 Å². The zero-order valence-corrected chi connectivity index (χ0v) is 15.9. The Bertz CT molecular complexity index is 835. The van der Waals surface area contributed by atoms with Crippen molar-refractivity contribution in [2.75, 3.05) is 0 Å². The van der Waals surface area contributed by atoms with Crippen molar-refractivity contribution in [3.63, 3.8) is 0 Å². The minimum absolute atomic E-state index is 0.0108. The average molecular weight is 387 g/mol. The molecule has 1 aromatic heterocycles. The number of rotatable bonds is 7. The Kier molecular flexibility index (Phi) is 6.30. The zero-order chi connectivity index (χ0) is 18.4. The van der Waals surface area contributed by atoms with Gasteiger partial charge in [-0.3, -0.25) is 4.79 Å². The number of halogens is 1. The van der Waals surface area contributed by atoms with Gasteiger partial charge < -0.3 is 5.32 Å². The second kappa shape index (κ2) is 8.87. The van der Waals surface area contributed by atoms with Crippen LogP contribution in [0.4, 0.5) is 0 Å². The Hall–Kier alpha value is -2.31. The Morgan fingerprint density at radius 3 is 2.50 bits per heavy atom. The fourth-order valence-corrected chi connectivity index (χ4v) is 3.39. The number of nitrogens with one attached hydrogen (secondary N) is 1. The van der Waals surface area contributed by atoms with Gasteiger partial charge in [0.2, 0.25) is 5.91 Å². The normalized spacial score (nSPS) is 11.9. The Morgan fingerprint density at radius 1 is 1.15 bits per heavy atom. The highest BCUT2D eigenvalue weighted by molar-refractivity contribution is 8.00. The number of thioether (sulfide) groups is 1. The molecular weight excluding hydrogens is 368 g/mol. The third kappa shape index (κ3) is 5.34. The molecule has 2 aromatic carbocycles. The molecule has 0 aliphatic carbocycles. The highest BCUT2D eigenvalue weighted by Gasteiger charge is 2.14. The van der Waals surface area contributed by atoms with E-state index < -0.39 is 0 Å².